The van der Waals surface area contributed by atoms with Crippen LogP contribution >= 0.6 is 0 Å². The summed E-state index contributed by atoms with van der Waals surface area (Å²) in [5.74, 6) is 0. The van der Waals surface area contributed by atoms with Crippen LogP contribution in [0.15, 0.2) is 109 Å². The van der Waals surface area contributed by atoms with Gasteiger partial charge in [-0.3, -0.25) is 0 Å². The second-order valence-corrected chi connectivity index (χ2v) is 9.27. The van der Waals surface area contributed by atoms with Gasteiger partial charge in [0, 0.05) is 22.6 Å². The molecule has 0 saturated heterocycles. The Bertz CT molecular complexity index is 1500. The minimum absolute atomic E-state index is 0.766. The molecule has 0 unspecified atom stereocenters. The average Bonchev–Trinajstić information content (AvgIpc) is 2.84. The monoisotopic (exact) mass is 454 g/mol. The highest BCUT2D eigenvalue weighted by Gasteiger charge is 2.19. The SMILES string of the molecule is Cc1cccc(Nc2ccc(-c3ccc(N)cc3)c(-c3cccc(C)c3)c2-c2cccc(C)c2)c1. The molecule has 0 aliphatic rings. The Morgan fingerprint density at radius 2 is 1.09 bits per heavy atom. The second kappa shape index (κ2) is 9.52. The summed E-state index contributed by atoms with van der Waals surface area (Å²) in [6.45, 7) is 6.41. The number of hydrogen-bond acceptors (Lipinski definition) is 2. The Kier molecular flexibility index (Phi) is 6.12. The van der Waals surface area contributed by atoms with Crippen molar-refractivity contribution in [1.29, 1.82) is 0 Å². The highest BCUT2D eigenvalue weighted by atomic mass is 14.9. The molecule has 5 aromatic carbocycles. The first kappa shape index (κ1) is 22.5. The predicted octanol–water partition coefficient (Wildman–Crippen LogP) is 8.94. The molecule has 2 nitrogen and oxygen atoms in total. The lowest BCUT2D eigenvalue weighted by atomic mass is 9.85. The van der Waals surface area contributed by atoms with Crippen molar-refractivity contribution in [2.75, 3.05) is 11.1 Å². The van der Waals surface area contributed by atoms with Crippen molar-refractivity contribution < 1.29 is 0 Å². The van der Waals surface area contributed by atoms with Gasteiger partial charge in [0.25, 0.3) is 0 Å². The molecule has 5 aromatic rings. The van der Waals surface area contributed by atoms with Gasteiger partial charge in [-0.15, -0.1) is 0 Å². The van der Waals surface area contributed by atoms with Gasteiger partial charge >= 0.3 is 0 Å². The maximum Gasteiger partial charge on any atom is 0.0470 e. The summed E-state index contributed by atoms with van der Waals surface area (Å²) in [6, 6.07) is 38.6. The third-order valence-corrected chi connectivity index (χ3v) is 6.34. The van der Waals surface area contributed by atoms with E-state index in [0.717, 1.165) is 22.6 Å². The van der Waals surface area contributed by atoms with Gasteiger partial charge in [-0.2, -0.15) is 0 Å². The van der Waals surface area contributed by atoms with Crippen LogP contribution in [0, 0.1) is 20.8 Å². The Hall–Kier alpha value is -4.30. The zero-order valence-electron chi connectivity index (χ0n) is 20.5. The average molecular weight is 455 g/mol. The number of hydrogen-bond donors (Lipinski definition) is 2. The molecule has 0 aliphatic carbocycles. The van der Waals surface area contributed by atoms with E-state index in [0.29, 0.717) is 0 Å². The predicted molar refractivity (Wildman–Crippen MR) is 151 cm³/mol. The van der Waals surface area contributed by atoms with Crippen LogP contribution in [0.1, 0.15) is 16.7 Å². The van der Waals surface area contributed by atoms with E-state index in [2.05, 4.69) is 123 Å². The van der Waals surface area contributed by atoms with Crippen LogP contribution in [0.2, 0.25) is 0 Å². The summed E-state index contributed by atoms with van der Waals surface area (Å²) >= 11 is 0. The van der Waals surface area contributed by atoms with Crippen molar-refractivity contribution in [3.63, 3.8) is 0 Å². The molecule has 0 radical (unpaired) electrons. The molecule has 0 saturated carbocycles. The summed E-state index contributed by atoms with van der Waals surface area (Å²) in [5.41, 5.74) is 19.8. The summed E-state index contributed by atoms with van der Waals surface area (Å²) in [4.78, 5) is 0. The fourth-order valence-corrected chi connectivity index (χ4v) is 4.69. The van der Waals surface area contributed by atoms with E-state index in [1.54, 1.807) is 0 Å². The Labute approximate surface area is 208 Å². The summed E-state index contributed by atoms with van der Waals surface area (Å²) in [5, 5.41) is 3.72. The molecule has 0 heterocycles. The van der Waals surface area contributed by atoms with E-state index in [1.165, 1.54) is 44.5 Å². The minimum Gasteiger partial charge on any atom is -0.399 e. The number of rotatable bonds is 5. The smallest absolute Gasteiger partial charge is 0.0470 e. The van der Waals surface area contributed by atoms with Gasteiger partial charge in [0.05, 0.1) is 0 Å². The third-order valence-electron chi connectivity index (χ3n) is 6.34. The Morgan fingerprint density at radius 1 is 0.514 bits per heavy atom. The van der Waals surface area contributed by atoms with E-state index < -0.39 is 0 Å². The fourth-order valence-electron chi connectivity index (χ4n) is 4.69. The van der Waals surface area contributed by atoms with Crippen LogP contribution in [-0.2, 0) is 0 Å². The zero-order chi connectivity index (χ0) is 24.4. The molecule has 0 bridgehead atoms. The maximum absolute atomic E-state index is 6.02. The molecule has 172 valence electrons. The number of nitrogen functional groups attached to an aromatic ring is 1. The maximum atomic E-state index is 6.02. The third kappa shape index (κ3) is 4.83. The highest BCUT2D eigenvalue weighted by Crippen LogP contribution is 2.45. The molecule has 0 aromatic heterocycles. The van der Waals surface area contributed by atoms with E-state index in [9.17, 15) is 0 Å². The molecule has 2 heteroatoms. The lowest BCUT2D eigenvalue weighted by molar-refractivity contribution is 1.43. The molecule has 0 aliphatic heterocycles. The fraction of sp³-hybridized carbons (Fsp3) is 0.0909. The van der Waals surface area contributed by atoms with E-state index in [-0.39, 0.29) is 0 Å². The molecule has 0 spiro atoms. The van der Waals surface area contributed by atoms with Gasteiger partial charge in [-0.05, 0) is 84.5 Å². The van der Waals surface area contributed by atoms with Crippen LogP contribution in [0.4, 0.5) is 17.1 Å². The van der Waals surface area contributed by atoms with Crippen molar-refractivity contribution >= 4 is 17.1 Å². The van der Waals surface area contributed by atoms with Crippen molar-refractivity contribution in [2.45, 2.75) is 20.8 Å². The molecule has 0 fully saturated rings. The van der Waals surface area contributed by atoms with Crippen LogP contribution in [0.3, 0.4) is 0 Å². The molecular weight excluding hydrogens is 424 g/mol. The normalized spacial score (nSPS) is 10.8. The van der Waals surface area contributed by atoms with Crippen LogP contribution in [0.25, 0.3) is 33.4 Å². The first-order valence-electron chi connectivity index (χ1n) is 12.0. The Morgan fingerprint density at radius 3 is 1.69 bits per heavy atom. The van der Waals surface area contributed by atoms with E-state index in [1.807, 2.05) is 12.1 Å². The topological polar surface area (TPSA) is 38.0 Å². The summed E-state index contributed by atoms with van der Waals surface area (Å²) in [7, 11) is 0. The zero-order valence-corrected chi connectivity index (χ0v) is 20.5. The quantitative estimate of drug-likeness (QED) is 0.260. The summed E-state index contributed by atoms with van der Waals surface area (Å²) < 4.78 is 0. The highest BCUT2D eigenvalue weighted by molar-refractivity contribution is 6.01. The lowest BCUT2D eigenvalue weighted by Gasteiger charge is -2.22. The van der Waals surface area contributed by atoms with Gasteiger partial charge in [0.15, 0.2) is 0 Å². The largest absolute Gasteiger partial charge is 0.399 e. The first-order chi connectivity index (χ1) is 17.0. The number of anilines is 3. The van der Waals surface area contributed by atoms with Gasteiger partial charge in [0.2, 0.25) is 0 Å². The van der Waals surface area contributed by atoms with Gasteiger partial charge < -0.3 is 11.1 Å². The van der Waals surface area contributed by atoms with Gasteiger partial charge in [-0.25, -0.2) is 0 Å². The molecule has 0 atom stereocenters. The number of aryl methyl sites for hydroxylation is 3. The van der Waals surface area contributed by atoms with E-state index >= 15 is 0 Å². The van der Waals surface area contributed by atoms with Crippen LogP contribution in [-0.4, -0.2) is 0 Å². The van der Waals surface area contributed by atoms with Gasteiger partial charge in [0.1, 0.15) is 0 Å². The molecule has 0 amide bonds. The summed E-state index contributed by atoms with van der Waals surface area (Å²) in [6.07, 6.45) is 0. The van der Waals surface area contributed by atoms with Gasteiger partial charge in [-0.1, -0.05) is 90.0 Å². The van der Waals surface area contributed by atoms with Crippen LogP contribution in [0.5, 0.6) is 0 Å². The lowest BCUT2D eigenvalue weighted by Crippen LogP contribution is -1.99. The number of nitrogens with two attached hydrogens (primary N) is 1. The van der Waals surface area contributed by atoms with Crippen molar-refractivity contribution in [3.05, 3.63) is 126 Å². The minimum atomic E-state index is 0.766. The van der Waals surface area contributed by atoms with Crippen LogP contribution < -0.4 is 11.1 Å². The first-order valence-corrected chi connectivity index (χ1v) is 12.0. The van der Waals surface area contributed by atoms with E-state index in [4.69, 9.17) is 5.73 Å². The molecule has 3 N–H and O–H groups in total. The number of benzene rings is 5. The second-order valence-electron chi connectivity index (χ2n) is 9.27. The Balaban J connectivity index is 1.83. The molecule has 5 rings (SSSR count). The number of nitrogens with one attached hydrogen (secondary N) is 1. The van der Waals surface area contributed by atoms with Crippen molar-refractivity contribution in [2.24, 2.45) is 0 Å². The molecular formula is C33H30N2. The standard InChI is InChI=1S/C33H30N2/c1-22-7-4-10-26(19-22)32-30(25-13-15-28(34)16-14-25)17-18-31(35-29-12-6-9-24(3)21-29)33(32)27-11-5-8-23(2)20-27/h4-21,35H,34H2,1-3H3. The van der Waals surface area contributed by atoms with Crippen molar-refractivity contribution in [3.8, 4) is 33.4 Å². The molecule has 35 heavy (non-hydrogen) atoms. The van der Waals surface area contributed by atoms with Crippen molar-refractivity contribution in [1.82, 2.24) is 0 Å².